The van der Waals surface area contributed by atoms with Gasteiger partial charge in [0.25, 0.3) is 5.91 Å². The number of benzene rings is 1. The fraction of sp³-hybridized carbons (Fsp3) is 0.467. The molecule has 1 aliphatic rings. The van der Waals surface area contributed by atoms with E-state index in [0.29, 0.717) is 0 Å². The van der Waals surface area contributed by atoms with E-state index in [1.807, 2.05) is 4.90 Å². The van der Waals surface area contributed by atoms with Gasteiger partial charge in [0.15, 0.2) is 0 Å². The lowest BCUT2D eigenvalue weighted by atomic mass is 10.1. The third kappa shape index (κ3) is 5.14. The molecule has 1 saturated heterocycles. The molecule has 0 bridgehead atoms. The maximum atomic E-state index is 12.6. The number of piperidine rings is 1. The van der Waals surface area contributed by atoms with Crippen LogP contribution in [0.15, 0.2) is 29.4 Å². The predicted molar refractivity (Wildman–Crippen MR) is 77.5 cm³/mol. The summed E-state index contributed by atoms with van der Waals surface area (Å²) >= 11 is 0. The molecule has 0 radical (unpaired) electrons. The molecule has 1 amide bonds. The molecule has 1 aliphatic heterocycles. The van der Waals surface area contributed by atoms with Crippen molar-refractivity contribution in [2.24, 2.45) is 5.10 Å². The van der Waals surface area contributed by atoms with Gasteiger partial charge in [-0.25, -0.2) is 5.43 Å². The van der Waals surface area contributed by atoms with Gasteiger partial charge < -0.3 is 0 Å². The van der Waals surface area contributed by atoms with Crippen LogP contribution in [0.25, 0.3) is 0 Å². The fourth-order valence-corrected chi connectivity index (χ4v) is 2.33. The van der Waals surface area contributed by atoms with Crippen LogP contribution in [0.2, 0.25) is 0 Å². The SMILES string of the molecule is O=C(CN1CCCCC1)N/N=C\c1cccc(C(F)(F)F)c1. The smallest absolute Gasteiger partial charge is 0.294 e. The summed E-state index contributed by atoms with van der Waals surface area (Å²) in [6.45, 7) is 2.05. The van der Waals surface area contributed by atoms with Crippen LogP contribution in [0.1, 0.15) is 30.4 Å². The largest absolute Gasteiger partial charge is 0.416 e. The van der Waals surface area contributed by atoms with Crippen LogP contribution in [0.5, 0.6) is 0 Å². The number of nitrogens with zero attached hydrogens (tertiary/aromatic N) is 2. The van der Waals surface area contributed by atoms with Crippen LogP contribution >= 0.6 is 0 Å². The molecular weight excluding hydrogens is 295 g/mol. The Morgan fingerprint density at radius 1 is 1.27 bits per heavy atom. The van der Waals surface area contributed by atoms with E-state index in [1.165, 1.54) is 24.8 Å². The van der Waals surface area contributed by atoms with Crippen molar-refractivity contribution in [1.29, 1.82) is 0 Å². The highest BCUT2D eigenvalue weighted by atomic mass is 19.4. The summed E-state index contributed by atoms with van der Waals surface area (Å²) < 4.78 is 37.7. The molecule has 1 aromatic rings. The Hall–Kier alpha value is -1.89. The Kier molecular flexibility index (Phi) is 5.54. The van der Waals surface area contributed by atoms with Gasteiger partial charge in [0, 0.05) is 0 Å². The van der Waals surface area contributed by atoms with Gasteiger partial charge in [-0.1, -0.05) is 18.6 Å². The van der Waals surface area contributed by atoms with Crippen molar-refractivity contribution in [1.82, 2.24) is 10.3 Å². The molecule has 1 fully saturated rings. The van der Waals surface area contributed by atoms with Crippen molar-refractivity contribution in [2.45, 2.75) is 25.4 Å². The molecule has 0 aliphatic carbocycles. The van der Waals surface area contributed by atoms with Gasteiger partial charge in [-0.15, -0.1) is 0 Å². The lowest BCUT2D eigenvalue weighted by molar-refractivity contribution is -0.137. The molecule has 7 heteroatoms. The van der Waals surface area contributed by atoms with Crippen LogP contribution in [0.4, 0.5) is 13.2 Å². The molecule has 0 aromatic heterocycles. The number of likely N-dealkylation sites (tertiary alicyclic amines) is 1. The molecule has 0 unspecified atom stereocenters. The topological polar surface area (TPSA) is 44.7 Å². The minimum Gasteiger partial charge on any atom is -0.294 e. The second-order valence-corrected chi connectivity index (χ2v) is 5.25. The fourth-order valence-electron chi connectivity index (χ4n) is 2.33. The van der Waals surface area contributed by atoms with Crippen LogP contribution in [-0.2, 0) is 11.0 Å². The Balaban J connectivity index is 1.85. The third-order valence-electron chi connectivity index (χ3n) is 3.43. The number of carbonyl (C=O) groups is 1. The van der Waals surface area contributed by atoms with Crippen LogP contribution in [0.3, 0.4) is 0 Å². The van der Waals surface area contributed by atoms with Gasteiger partial charge in [0.1, 0.15) is 0 Å². The lowest BCUT2D eigenvalue weighted by Crippen LogP contribution is -2.38. The standard InChI is InChI=1S/C15H18F3N3O/c16-15(17,18)13-6-4-5-12(9-13)10-19-20-14(22)11-21-7-2-1-3-8-21/h4-6,9-10H,1-3,7-8,11H2,(H,20,22)/b19-10-. The molecule has 0 spiro atoms. The predicted octanol–water partition coefficient (Wildman–Crippen LogP) is 2.64. The van der Waals surface area contributed by atoms with Gasteiger partial charge in [0.2, 0.25) is 0 Å². The molecule has 120 valence electrons. The van der Waals surface area contributed by atoms with E-state index in [0.717, 1.165) is 38.1 Å². The van der Waals surface area contributed by atoms with Gasteiger partial charge in [-0.3, -0.25) is 9.69 Å². The number of carbonyl (C=O) groups excluding carboxylic acids is 1. The van der Waals surface area contributed by atoms with Crippen molar-refractivity contribution in [2.75, 3.05) is 19.6 Å². The average molecular weight is 313 g/mol. The maximum Gasteiger partial charge on any atom is 0.416 e. The summed E-state index contributed by atoms with van der Waals surface area (Å²) in [5, 5.41) is 3.71. The second-order valence-electron chi connectivity index (χ2n) is 5.25. The first kappa shape index (κ1) is 16.5. The number of nitrogens with one attached hydrogen (secondary N) is 1. The first-order valence-electron chi connectivity index (χ1n) is 7.17. The van der Waals surface area contributed by atoms with Gasteiger partial charge in [-0.2, -0.15) is 18.3 Å². The zero-order valence-corrected chi connectivity index (χ0v) is 12.1. The maximum absolute atomic E-state index is 12.6. The normalized spacial score (nSPS) is 16.9. The van der Waals surface area contributed by atoms with E-state index in [9.17, 15) is 18.0 Å². The number of hydrogen-bond acceptors (Lipinski definition) is 3. The van der Waals surface area contributed by atoms with Crippen molar-refractivity contribution in [3.63, 3.8) is 0 Å². The summed E-state index contributed by atoms with van der Waals surface area (Å²) in [4.78, 5) is 13.7. The summed E-state index contributed by atoms with van der Waals surface area (Å²) in [5.41, 5.74) is 1.89. The molecule has 2 rings (SSSR count). The Morgan fingerprint density at radius 3 is 2.68 bits per heavy atom. The zero-order chi connectivity index (χ0) is 16.0. The zero-order valence-electron chi connectivity index (χ0n) is 12.1. The molecule has 1 heterocycles. The summed E-state index contributed by atoms with van der Waals surface area (Å²) in [7, 11) is 0. The monoisotopic (exact) mass is 313 g/mol. The minimum atomic E-state index is -4.39. The molecule has 22 heavy (non-hydrogen) atoms. The van der Waals surface area contributed by atoms with Crippen molar-refractivity contribution >= 4 is 12.1 Å². The Labute approximate surface area is 127 Å². The van der Waals surface area contributed by atoms with Gasteiger partial charge >= 0.3 is 6.18 Å². The van der Waals surface area contributed by atoms with E-state index < -0.39 is 11.7 Å². The molecule has 4 nitrogen and oxygen atoms in total. The number of hydrazone groups is 1. The number of rotatable bonds is 4. The van der Waals surface area contributed by atoms with Crippen molar-refractivity contribution in [3.05, 3.63) is 35.4 Å². The van der Waals surface area contributed by atoms with Crippen LogP contribution in [-0.4, -0.2) is 36.7 Å². The third-order valence-corrected chi connectivity index (χ3v) is 3.43. The minimum absolute atomic E-state index is 0.259. The summed E-state index contributed by atoms with van der Waals surface area (Å²) in [5.74, 6) is -0.259. The number of alkyl halides is 3. The molecule has 0 atom stereocenters. The summed E-state index contributed by atoms with van der Waals surface area (Å²) in [6, 6.07) is 4.78. The highest BCUT2D eigenvalue weighted by Crippen LogP contribution is 2.29. The highest BCUT2D eigenvalue weighted by Gasteiger charge is 2.30. The van der Waals surface area contributed by atoms with Gasteiger partial charge in [-0.05, 0) is 43.6 Å². The van der Waals surface area contributed by atoms with Crippen molar-refractivity contribution in [3.8, 4) is 0 Å². The quantitative estimate of drug-likeness (QED) is 0.686. The average Bonchev–Trinajstić information content (AvgIpc) is 2.48. The van der Waals surface area contributed by atoms with E-state index >= 15 is 0 Å². The number of hydrogen-bond donors (Lipinski definition) is 1. The first-order chi connectivity index (χ1) is 10.4. The Morgan fingerprint density at radius 2 is 2.00 bits per heavy atom. The highest BCUT2D eigenvalue weighted by molar-refractivity contribution is 5.83. The second kappa shape index (κ2) is 7.40. The first-order valence-corrected chi connectivity index (χ1v) is 7.17. The van der Waals surface area contributed by atoms with E-state index in [-0.39, 0.29) is 18.0 Å². The number of halogens is 3. The summed E-state index contributed by atoms with van der Waals surface area (Å²) in [6.07, 6.45) is 0.179. The lowest BCUT2D eigenvalue weighted by Gasteiger charge is -2.25. The van der Waals surface area contributed by atoms with Crippen LogP contribution < -0.4 is 5.43 Å². The number of amides is 1. The van der Waals surface area contributed by atoms with E-state index in [4.69, 9.17) is 0 Å². The van der Waals surface area contributed by atoms with Gasteiger partial charge in [0.05, 0.1) is 18.3 Å². The van der Waals surface area contributed by atoms with Crippen LogP contribution in [0, 0.1) is 0 Å². The molecule has 0 saturated carbocycles. The molecule has 1 aromatic carbocycles. The van der Waals surface area contributed by atoms with E-state index in [2.05, 4.69) is 10.5 Å². The molecular formula is C15H18F3N3O. The van der Waals surface area contributed by atoms with Crippen molar-refractivity contribution < 1.29 is 18.0 Å². The molecule has 1 N–H and O–H groups in total. The Bertz CT molecular complexity index is 537. The van der Waals surface area contributed by atoms with E-state index in [1.54, 1.807) is 0 Å².